The van der Waals surface area contributed by atoms with Crippen molar-refractivity contribution in [2.24, 2.45) is 0 Å². The quantitative estimate of drug-likeness (QED) is 0.509. The average molecular weight is 452 g/mol. The summed E-state index contributed by atoms with van der Waals surface area (Å²) in [7, 11) is 7.07. The topological polar surface area (TPSA) is 67.0 Å². The van der Waals surface area contributed by atoms with Gasteiger partial charge in [-0.3, -0.25) is 4.79 Å². The molecule has 1 amide bonds. The Morgan fingerprint density at radius 2 is 1.91 bits per heavy atom. The van der Waals surface area contributed by atoms with Crippen LogP contribution >= 0.6 is 0 Å². The summed E-state index contributed by atoms with van der Waals surface area (Å²) in [4.78, 5) is 20.6. The predicted octanol–water partition coefficient (Wildman–Crippen LogP) is 3.76. The van der Waals surface area contributed by atoms with Crippen LogP contribution in [0.5, 0.6) is 17.2 Å². The molecule has 0 aliphatic carbocycles. The van der Waals surface area contributed by atoms with Crippen LogP contribution in [0.1, 0.15) is 27.9 Å². The van der Waals surface area contributed by atoms with Crippen molar-refractivity contribution in [1.82, 2.24) is 14.8 Å². The summed E-state index contributed by atoms with van der Waals surface area (Å²) in [6, 6.07) is 9.79. The number of likely N-dealkylation sites (N-methyl/N-ethyl adjacent to an activating group) is 1. The highest BCUT2D eigenvalue weighted by Gasteiger charge is 2.28. The monoisotopic (exact) mass is 451 g/mol. The minimum Gasteiger partial charge on any atom is -0.497 e. The van der Waals surface area contributed by atoms with Crippen molar-refractivity contribution in [2.45, 2.75) is 19.3 Å². The van der Waals surface area contributed by atoms with Gasteiger partial charge in [0.15, 0.2) is 11.5 Å². The number of aromatic amines is 1. The average Bonchev–Trinajstić information content (AvgIpc) is 3.25. The largest absolute Gasteiger partial charge is 0.497 e. The number of hydrogen-bond donors (Lipinski definition) is 1. The summed E-state index contributed by atoms with van der Waals surface area (Å²) in [5.41, 5.74) is 4.10. The zero-order chi connectivity index (χ0) is 23.4. The van der Waals surface area contributed by atoms with Crippen LogP contribution in [0.4, 0.5) is 0 Å². The summed E-state index contributed by atoms with van der Waals surface area (Å²) >= 11 is 0. The first-order chi connectivity index (χ1) is 16.0. The summed E-state index contributed by atoms with van der Waals surface area (Å²) < 4.78 is 16.3. The Labute approximate surface area is 195 Å². The first-order valence-corrected chi connectivity index (χ1v) is 11.4. The Bertz CT molecular complexity index is 1120. The van der Waals surface area contributed by atoms with Crippen LogP contribution in [-0.4, -0.2) is 75.2 Å². The van der Waals surface area contributed by atoms with Gasteiger partial charge in [0.25, 0.3) is 5.91 Å². The molecule has 0 radical (unpaired) electrons. The molecule has 1 aliphatic heterocycles. The minimum atomic E-state index is 0.0765. The van der Waals surface area contributed by atoms with Crippen LogP contribution in [0.2, 0.25) is 0 Å². The lowest BCUT2D eigenvalue weighted by Crippen LogP contribution is -2.39. The number of nitrogens with zero attached hydrogens (tertiary/aromatic N) is 2. The smallest absolute Gasteiger partial charge is 0.254 e. The minimum absolute atomic E-state index is 0.0765. The van der Waals surface area contributed by atoms with Gasteiger partial charge in [0.1, 0.15) is 5.75 Å². The second-order valence-electron chi connectivity index (χ2n) is 8.50. The van der Waals surface area contributed by atoms with Crippen LogP contribution < -0.4 is 14.2 Å². The predicted molar refractivity (Wildman–Crippen MR) is 130 cm³/mol. The van der Waals surface area contributed by atoms with Gasteiger partial charge >= 0.3 is 0 Å². The number of hydrogen-bond acceptors (Lipinski definition) is 5. The van der Waals surface area contributed by atoms with Crippen LogP contribution in [0.25, 0.3) is 10.9 Å². The molecule has 0 unspecified atom stereocenters. The third kappa shape index (κ3) is 4.78. The number of amides is 1. The van der Waals surface area contributed by atoms with E-state index < -0.39 is 0 Å². The Balaban J connectivity index is 1.29. The van der Waals surface area contributed by atoms with Gasteiger partial charge in [-0.25, -0.2) is 0 Å². The molecule has 0 spiro atoms. The number of rotatable bonds is 10. The molecule has 1 aromatic heterocycles. The molecule has 33 heavy (non-hydrogen) atoms. The maximum atomic E-state index is 13.0. The molecular weight excluding hydrogens is 418 g/mol. The third-order valence-corrected chi connectivity index (χ3v) is 6.50. The zero-order valence-electron chi connectivity index (χ0n) is 19.9. The highest BCUT2D eigenvalue weighted by Crippen LogP contribution is 2.36. The van der Waals surface area contributed by atoms with Gasteiger partial charge in [0.05, 0.1) is 21.3 Å². The van der Waals surface area contributed by atoms with E-state index in [1.165, 1.54) is 10.9 Å². The Morgan fingerprint density at radius 3 is 2.67 bits per heavy atom. The van der Waals surface area contributed by atoms with Crippen LogP contribution in [0.15, 0.2) is 36.5 Å². The lowest BCUT2D eigenvalue weighted by Gasteiger charge is -2.30. The number of fused-ring (bicyclic) bond motifs is 2. The van der Waals surface area contributed by atoms with Crippen molar-refractivity contribution in [2.75, 3.05) is 54.6 Å². The van der Waals surface area contributed by atoms with E-state index in [1.54, 1.807) is 21.3 Å². The van der Waals surface area contributed by atoms with Crippen LogP contribution in [0, 0.1) is 0 Å². The van der Waals surface area contributed by atoms with Crippen LogP contribution in [-0.2, 0) is 12.8 Å². The van der Waals surface area contributed by atoms with E-state index in [-0.39, 0.29) is 5.91 Å². The van der Waals surface area contributed by atoms with Gasteiger partial charge in [-0.15, -0.1) is 0 Å². The van der Waals surface area contributed by atoms with E-state index in [1.807, 2.05) is 23.1 Å². The molecule has 3 aromatic rings. The fourth-order valence-corrected chi connectivity index (χ4v) is 4.62. The van der Waals surface area contributed by atoms with Gasteiger partial charge in [0, 0.05) is 47.9 Å². The summed E-state index contributed by atoms with van der Waals surface area (Å²) in [5, 5.41) is 1.22. The number of ether oxygens (including phenoxy) is 3. The number of methoxy groups -OCH3 is 3. The second kappa shape index (κ2) is 10.2. The molecular formula is C26H33N3O4. The van der Waals surface area contributed by atoms with E-state index in [0.29, 0.717) is 18.0 Å². The van der Waals surface area contributed by atoms with Crippen molar-refractivity contribution in [3.8, 4) is 17.2 Å². The van der Waals surface area contributed by atoms with Gasteiger partial charge in [-0.1, -0.05) is 0 Å². The van der Waals surface area contributed by atoms with E-state index in [9.17, 15) is 4.79 Å². The Kier molecular flexibility index (Phi) is 7.08. The third-order valence-electron chi connectivity index (χ3n) is 6.50. The highest BCUT2D eigenvalue weighted by atomic mass is 16.5. The Hall–Kier alpha value is -3.19. The number of H-pyrrole nitrogens is 1. The molecule has 0 fully saturated rings. The molecule has 7 nitrogen and oxygen atoms in total. The van der Waals surface area contributed by atoms with Gasteiger partial charge in [-0.2, -0.15) is 0 Å². The van der Waals surface area contributed by atoms with Crippen molar-refractivity contribution in [3.63, 3.8) is 0 Å². The number of carbonyl (C=O) groups is 1. The van der Waals surface area contributed by atoms with Crippen LogP contribution in [0.3, 0.4) is 0 Å². The van der Waals surface area contributed by atoms with Crippen molar-refractivity contribution in [3.05, 3.63) is 53.2 Å². The molecule has 2 aromatic carbocycles. The van der Waals surface area contributed by atoms with E-state index in [2.05, 4.69) is 35.3 Å². The summed E-state index contributed by atoms with van der Waals surface area (Å²) in [6.07, 6.45) is 4.76. The van der Waals surface area contributed by atoms with Crippen molar-refractivity contribution in [1.29, 1.82) is 0 Å². The summed E-state index contributed by atoms with van der Waals surface area (Å²) in [5.74, 6) is 2.30. The van der Waals surface area contributed by atoms with Gasteiger partial charge in [-0.05, 0) is 68.8 Å². The molecule has 4 rings (SSSR count). The number of benzene rings is 2. The SMILES string of the molecule is COc1ccc2[nH]cc(CCN(C)CCCN3CCc4c(ccc(OC)c4OC)C3=O)c2c1. The second-order valence-corrected chi connectivity index (χ2v) is 8.50. The maximum absolute atomic E-state index is 13.0. The Morgan fingerprint density at radius 1 is 1.06 bits per heavy atom. The first kappa shape index (κ1) is 23.0. The number of aromatic nitrogens is 1. The van der Waals surface area contributed by atoms with E-state index in [4.69, 9.17) is 14.2 Å². The summed E-state index contributed by atoms with van der Waals surface area (Å²) in [6.45, 7) is 3.35. The number of nitrogens with one attached hydrogen (secondary N) is 1. The molecule has 7 heteroatoms. The highest BCUT2D eigenvalue weighted by molar-refractivity contribution is 5.98. The molecule has 2 heterocycles. The molecule has 176 valence electrons. The fraction of sp³-hybridized carbons (Fsp3) is 0.423. The standard InChI is InChI=1S/C26H33N3O4/c1-28(14-10-18-17-27-23-8-6-19(31-2)16-22(18)23)12-5-13-29-15-11-20-21(26(29)30)7-9-24(32-3)25(20)33-4/h6-9,16-17,27H,5,10-15H2,1-4H3. The molecule has 0 bridgehead atoms. The lowest BCUT2D eigenvalue weighted by molar-refractivity contribution is 0.0731. The zero-order valence-corrected chi connectivity index (χ0v) is 19.9. The number of carbonyl (C=O) groups excluding carboxylic acids is 1. The van der Waals surface area contributed by atoms with E-state index >= 15 is 0 Å². The van der Waals surface area contributed by atoms with Gasteiger partial charge < -0.3 is 29.0 Å². The van der Waals surface area contributed by atoms with Crippen molar-refractivity contribution < 1.29 is 19.0 Å². The molecule has 0 atom stereocenters. The van der Waals surface area contributed by atoms with Crippen molar-refractivity contribution >= 4 is 16.8 Å². The molecule has 0 saturated heterocycles. The fourth-order valence-electron chi connectivity index (χ4n) is 4.62. The molecule has 1 aliphatic rings. The molecule has 0 saturated carbocycles. The normalized spacial score (nSPS) is 13.5. The first-order valence-electron chi connectivity index (χ1n) is 11.4. The van der Waals surface area contributed by atoms with E-state index in [0.717, 1.165) is 61.3 Å². The lowest BCUT2D eigenvalue weighted by atomic mass is 9.97. The van der Waals surface area contributed by atoms with Gasteiger partial charge in [0.2, 0.25) is 0 Å². The maximum Gasteiger partial charge on any atom is 0.254 e. The molecule has 1 N–H and O–H groups in total.